The summed E-state index contributed by atoms with van der Waals surface area (Å²) in [5.74, 6) is 0.459. The van der Waals surface area contributed by atoms with Crippen LogP contribution in [0.3, 0.4) is 0 Å². The average Bonchev–Trinajstić information content (AvgIpc) is 2.89. The molecule has 0 bridgehead atoms. The van der Waals surface area contributed by atoms with Crippen molar-refractivity contribution in [2.75, 3.05) is 18.9 Å². The first-order valence-corrected chi connectivity index (χ1v) is 5.93. The number of hydrogen-bond acceptors (Lipinski definition) is 7. The molecule has 0 saturated heterocycles. The zero-order valence-electron chi connectivity index (χ0n) is 10.9. The fourth-order valence-electron chi connectivity index (χ4n) is 1.40. The smallest absolute Gasteiger partial charge is 0.323 e. The first kappa shape index (κ1) is 13.2. The Morgan fingerprint density at radius 3 is 2.89 bits per heavy atom. The maximum Gasteiger partial charge on any atom is 0.323 e. The Balaban J connectivity index is 2.13. The number of imidazole rings is 1. The highest BCUT2D eigenvalue weighted by Gasteiger charge is 2.10. The van der Waals surface area contributed by atoms with Gasteiger partial charge in [-0.3, -0.25) is 4.57 Å². The number of rotatable bonds is 6. The van der Waals surface area contributed by atoms with Gasteiger partial charge in [-0.1, -0.05) is 0 Å². The van der Waals surface area contributed by atoms with Gasteiger partial charge in [-0.15, -0.1) is 0 Å². The molecule has 2 heterocycles. The summed E-state index contributed by atoms with van der Waals surface area (Å²) in [5, 5.41) is 0. The van der Waals surface area contributed by atoms with Gasteiger partial charge in [0.05, 0.1) is 6.61 Å². The van der Waals surface area contributed by atoms with Gasteiger partial charge in [0.15, 0.2) is 0 Å². The normalized spacial score (nSPS) is 12.3. The van der Waals surface area contributed by atoms with Crippen molar-refractivity contribution in [3.05, 3.63) is 18.7 Å². The Morgan fingerprint density at radius 1 is 1.37 bits per heavy atom. The Kier molecular flexibility index (Phi) is 4.24. The predicted molar refractivity (Wildman–Crippen MR) is 67.9 cm³/mol. The van der Waals surface area contributed by atoms with E-state index in [9.17, 15) is 0 Å². The lowest BCUT2D eigenvalue weighted by molar-refractivity contribution is 0.0607. The molecule has 0 fully saturated rings. The molecule has 2 aromatic rings. The molecule has 19 heavy (non-hydrogen) atoms. The summed E-state index contributed by atoms with van der Waals surface area (Å²) in [6.07, 6.45) is 4.74. The summed E-state index contributed by atoms with van der Waals surface area (Å²) < 4.78 is 12.4. The first-order valence-electron chi connectivity index (χ1n) is 5.93. The molecule has 2 N–H and O–H groups in total. The number of nitrogens with two attached hydrogens (primary N) is 1. The minimum Gasteiger partial charge on any atom is -0.458 e. The molecular formula is C11H16N6O2. The second-order valence-electron chi connectivity index (χ2n) is 3.83. The summed E-state index contributed by atoms with van der Waals surface area (Å²) in [4.78, 5) is 16.0. The second-order valence-corrected chi connectivity index (χ2v) is 3.83. The number of ether oxygens (including phenoxy) is 2. The van der Waals surface area contributed by atoms with Crippen LogP contribution in [0.2, 0.25) is 0 Å². The molecule has 0 radical (unpaired) electrons. The quantitative estimate of drug-likeness (QED) is 0.807. The lowest BCUT2D eigenvalue weighted by atomic mass is 10.4. The number of anilines is 1. The summed E-state index contributed by atoms with van der Waals surface area (Å²) in [6.45, 7) is 4.88. The predicted octanol–water partition coefficient (Wildman–Crippen LogP) is 0.443. The van der Waals surface area contributed by atoms with Crippen LogP contribution in [-0.4, -0.2) is 43.8 Å². The van der Waals surface area contributed by atoms with Gasteiger partial charge >= 0.3 is 6.01 Å². The zero-order valence-corrected chi connectivity index (χ0v) is 10.9. The molecule has 0 amide bonds. The van der Waals surface area contributed by atoms with Crippen molar-refractivity contribution in [2.45, 2.75) is 20.0 Å². The third-order valence-electron chi connectivity index (χ3n) is 2.22. The summed E-state index contributed by atoms with van der Waals surface area (Å²) in [6, 6.07) is 0.170. The van der Waals surface area contributed by atoms with E-state index < -0.39 is 0 Å². The van der Waals surface area contributed by atoms with Gasteiger partial charge in [0, 0.05) is 19.0 Å². The van der Waals surface area contributed by atoms with Crippen LogP contribution in [0.25, 0.3) is 5.95 Å². The fraction of sp³-hybridized carbons (Fsp3) is 0.455. The van der Waals surface area contributed by atoms with Gasteiger partial charge in [0.2, 0.25) is 11.9 Å². The van der Waals surface area contributed by atoms with E-state index in [0.29, 0.717) is 19.2 Å². The van der Waals surface area contributed by atoms with Crippen LogP contribution in [0, 0.1) is 0 Å². The first-order chi connectivity index (χ1) is 9.19. The van der Waals surface area contributed by atoms with E-state index in [1.165, 1.54) is 0 Å². The molecule has 0 aromatic carbocycles. The molecule has 0 aliphatic heterocycles. The van der Waals surface area contributed by atoms with Crippen molar-refractivity contribution in [1.29, 1.82) is 0 Å². The lowest BCUT2D eigenvalue weighted by Gasteiger charge is -2.13. The Labute approximate surface area is 110 Å². The standard InChI is InChI=1S/C11H16N6O2/c1-3-18-6-8(2)19-11-15-9(12)14-10(16-11)17-5-4-13-7-17/h4-5,7-8H,3,6H2,1-2H3,(H2,12,14,15,16). The highest BCUT2D eigenvalue weighted by atomic mass is 16.5. The summed E-state index contributed by atoms with van der Waals surface area (Å²) in [5.41, 5.74) is 5.63. The highest BCUT2D eigenvalue weighted by molar-refractivity contribution is 5.25. The van der Waals surface area contributed by atoms with Crippen molar-refractivity contribution in [3.8, 4) is 12.0 Å². The van der Waals surface area contributed by atoms with Crippen molar-refractivity contribution >= 4 is 5.95 Å². The third-order valence-corrected chi connectivity index (χ3v) is 2.22. The van der Waals surface area contributed by atoms with Crippen LogP contribution in [-0.2, 0) is 4.74 Å². The zero-order chi connectivity index (χ0) is 13.7. The topological polar surface area (TPSA) is 101 Å². The van der Waals surface area contributed by atoms with E-state index in [0.717, 1.165) is 0 Å². The van der Waals surface area contributed by atoms with Crippen LogP contribution >= 0.6 is 0 Å². The minimum atomic E-state index is -0.169. The van der Waals surface area contributed by atoms with Crippen LogP contribution in [0.5, 0.6) is 6.01 Å². The van der Waals surface area contributed by atoms with Crippen LogP contribution < -0.4 is 10.5 Å². The number of aromatic nitrogens is 5. The van der Waals surface area contributed by atoms with Crippen molar-refractivity contribution in [2.24, 2.45) is 0 Å². The molecule has 102 valence electrons. The average molecular weight is 264 g/mol. The van der Waals surface area contributed by atoms with Crippen LogP contribution in [0.1, 0.15) is 13.8 Å². The number of hydrogen-bond donors (Lipinski definition) is 1. The molecule has 1 unspecified atom stereocenters. The van der Waals surface area contributed by atoms with Crippen LogP contribution in [0.15, 0.2) is 18.7 Å². The van der Waals surface area contributed by atoms with E-state index in [-0.39, 0.29) is 18.1 Å². The van der Waals surface area contributed by atoms with E-state index in [2.05, 4.69) is 19.9 Å². The number of nitrogen functional groups attached to an aromatic ring is 1. The molecule has 1 atom stereocenters. The van der Waals surface area contributed by atoms with Crippen LogP contribution in [0.4, 0.5) is 5.95 Å². The fourth-order valence-corrected chi connectivity index (χ4v) is 1.40. The monoisotopic (exact) mass is 264 g/mol. The molecule has 0 saturated carbocycles. The Morgan fingerprint density at radius 2 is 2.21 bits per heavy atom. The molecule has 2 aromatic heterocycles. The third kappa shape index (κ3) is 3.62. The van der Waals surface area contributed by atoms with Gasteiger partial charge in [-0.05, 0) is 13.8 Å². The van der Waals surface area contributed by atoms with Crippen molar-refractivity contribution in [3.63, 3.8) is 0 Å². The maximum absolute atomic E-state index is 5.63. The molecular weight excluding hydrogens is 248 g/mol. The highest BCUT2D eigenvalue weighted by Crippen LogP contribution is 2.10. The largest absolute Gasteiger partial charge is 0.458 e. The summed E-state index contributed by atoms with van der Waals surface area (Å²) in [7, 11) is 0. The maximum atomic E-state index is 5.63. The SMILES string of the molecule is CCOCC(C)Oc1nc(N)nc(-n2ccnc2)n1. The van der Waals surface area contributed by atoms with E-state index in [1.54, 1.807) is 23.3 Å². The van der Waals surface area contributed by atoms with Crippen molar-refractivity contribution < 1.29 is 9.47 Å². The van der Waals surface area contributed by atoms with Gasteiger partial charge < -0.3 is 15.2 Å². The van der Waals surface area contributed by atoms with Gasteiger partial charge in [0.1, 0.15) is 12.4 Å². The minimum absolute atomic E-state index is 0.0947. The molecule has 0 aliphatic carbocycles. The van der Waals surface area contributed by atoms with Gasteiger partial charge in [-0.2, -0.15) is 15.0 Å². The molecule has 8 nitrogen and oxygen atoms in total. The Hall–Kier alpha value is -2.22. The molecule has 0 spiro atoms. The Bertz CT molecular complexity index is 516. The summed E-state index contributed by atoms with van der Waals surface area (Å²) >= 11 is 0. The number of nitrogens with zero attached hydrogens (tertiary/aromatic N) is 5. The van der Waals surface area contributed by atoms with Gasteiger partial charge in [-0.25, -0.2) is 4.98 Å². The van der Waals surface area contributed by atoms with Gasteiger partial charge in [0.25, 0.3) is 0 Å². The molecule has 8 heteroatoms. The molecule has 2 rings (SSSR count). The van der Waals surface area contributed by atoms with E-state index in [4.69, 9.17) is 15.2 Å². The lowest BCUT2D eigenvalue weighted by Crippen LogP contribution is -2.21. The van der Waals surface area contributed by atoms with E-state index in [1.807, 2.05) is 13.8 Å². The second kappa shape index (κ2) is 6.10. The van der Waals surface area contributed by atoms with E-state index >= 15 is 0 Å². The van der Waals surface area contributed by atoms with Crippen molar-refractivity contribution in [1.82, 2.24) is 24.5 Å². The molecule has 0 aliphatic rings.